The van der Waals surface area contributed by atoms with Crippen molar-refractivity contribution in [3.05, 3.63) is 77.5 Å². The van der Waals surface area contributed by atoms with Crippen molar-refractivity contribution in [1.82, 2.24) is 4.98 Å². The quantitative estimate of drug-likeness (QED) is 0.288. The topological polar surface area (TPSA) is 81.7 Å². The molecule has 1 aromatic heterocycles. The number of halogens is 1. The summed E-state index contributed by atoms with van der Waals surface area (Å²) < 4.78 is 16.2. The van der Waals surface area contributed by atoms with Gasteiger partial charge in [-0.3, -0.25) is 9.78 Å². The zero-order valence-corrected chi connectivity index (χ0v) is 21.9. The smallest absolute Gasteiger partial charge is 0.255 e. The number of methoxy groups -OCH3 is 3. The SMILES string of the molecule is COc1ccccc1Nc1c2c(nc3ccc(NC(=O)c4ccc(OC)c(OC)c4)cc13)CCCC2.Cl. The Balaban J connectivity index is 0.00000320. The van der Waals surface area contributed by atoms with Crippen LogP contribution in [0.3, 0.4) is 0 Å². The molecule has 0 saturated carbocycles. The van der Waals surface area contributed by atoms with Crippen molar-refractivity contribution < 1.29 is 19.0 Å². The first-order chi connectivity index (χ1) is 17.6. The third-order valence-corrected chi connectivity index (χ3v) is 6.53. The van der Waals surface area contributed by atoms with Crippen LogP contribution >= 0.6 is 12.4 Å². The van der Waals surface area contributed by atoms with Crippen molar-refractivity contribution in [3.63, 3.8) is 0 Å². The van der Waals surface area contributed by atoms with Crippen LogP contribution in [0.5, 0.6) is 17.2 Å². The first-order valence-electron chi connectivity index (χ1n) is 12.0. The van der Waals surface area contributed by atoms with Crippen molar-refractivity contribution in [2.75, 3.05) is 32.0 Å². The summed E-state index contributed by atoms with van der Waals surface area (Å²) >= 11 is 0. The molecule has 1 heterocycles. The van der Waals surface area contributed by atoms with Gasteiger partial charge in [-0.2, -0.15) is 0 Å². The van der Waals surface area contributed by atoms with Gasteiger partial charge in [0.2, 0.25) is 0 Å². The maximum atomic E-state index is 13.1. The molecule has 1 amide bonds. The zero-order chi connectivity index (χ0) is 25.1. The van der Waals surface area contributed by atoms with Crippen LogP contribution in [0, 0.1) is 0 Å². The summed E-state index contributed by atoms with van der Waals surface area (Å²) in [5.74, 6) is 1.61. The lowest BCUT2D eigenvalue weighted by Crippen LogP contribution is -2.13. The highest BCUT2D eigenvalue weighted by molar-refractivity contribution is 6.06. The van der Waals surface area contributed by atoms with Crippen LogP contribution in [0.4, 0.5) is 17.1 Å². The highest BCUT2D eigenvalue weighted by Crippen LogP contribution is 2.38. The Morgan fingerprint density at radius 2 is 1.59 bits per heavy atom. The number of nitrogens with zero attached hydrogens (tertiary/aromatic N) is 1. The van der Waals surface area contributed by atoms with Crippen LogP contribution < -0.4 is 24.8 Å². The maximum absolute atomic E-state index is 13.1. The largest absolute Gasteiger partial charge is 0.495 e. The fourth-order valence-corrected chi connectivity index (χ4v) is 4.71. The number of carbonyl (C=O) groups is 1. The van der Waals surface area contributed by atoms with E-state index in [4.69, 9.17) is 19.2 Å². The molecule has 5 rings (SSSR count). The van der Waals surface area contributed by atoms with Gasteiger partial charge in [0.1, 0.15) is 5.75 Å². The molecule has 0 spiro atoms. The van der Waals surface area contributed by atoms with Crippen LogP contribution in [-0.4, -0.2) is 32.2 Å². The number of fused-ring (bicyclic) bond motifs is 2. The molecule has 0 radical (unpaired) electrons. The standard InChI is InChI=1S/C29H29N3O4.ClH/c1-34-25-11-7-6-10-24(25)32-28-20-8-4-5-9-22(20)31-23-14-13-19(17-21(23)28)30-29(33)18-12-15-26(35-2)27(16-18)36-3;/h6-7,10-17H,4-5,8-9H2,1-3H3,(H,30,33)(H,31,32);1H. The Morgan fingerprint density at radius 1 is 0.838 bits per heavy atom. The van der Waals surface area contributed by atoms with Gasteiger partial charge in [-0.25, -0.2) is 0 Å². The fourth-order valence-electron chi connectivity index (χ4n) is 4.71. The Morgan fingerprint density at radius 3 is 2.38 bits per heavy atom. The van der Waals surface area contributed by atoms with E-state index in [1.54, 1.807) is 39.5 Å². The normalized spacial score (nSPS) is 12.2. The predicted molar refractivity (Wildman–Crippen MR) is 149 cm³/mol. The Kier molecular flexibility index (Phi) is 8.04. The number of nitrogens with one attached hydrogen (secondary N) is 2. The molecule has 4 aromatic rings. The second-order valence-corrected chi connectivity index (χ2v) is 8.70. The Bertz CT molecular complexity index is 1440. The minimum absolute atomic E-state index is 0. The predicted octanol–water partition coefficient (Wildman–Crippen LogP) is 6.56. The van der Waals surface area contributed by atoms with Gasteiger partial charge in [0.25, 0.3) is 5.91 Å². The maximum Gasteiger partial charge on any atom is 0.255 e. The molecular weight excluding hydrogens is 490 g/mol. The monoisotopic (exact) mass is 519 g/mol. The average molecular weight is 520 g/mol. The third-order valence-electron chi connectivity index (χ3n) is 6.53. The summed E-state index contributed by atoms with van der Waals surface area (Å²) in [5, 5.41) is 7.59. The summed E-state index contributed by atoms with van der Waals surface area (Å²) in [6.07, 6.45) is 4.18. The van der Waals surface area contributed by atoms with E-state index < -0.39 is 0 Å². The third kappa shape index (κ3) is 5.27. The number of hydrogen-bond donors (Lipinski definition) is 2. The minimum Gasteiger partial charge on any atom is -0.495 e. The summed E-state index contributed by atoms with van der Waals surface area (Å²) in [7, 11) is 4.78. The first-order valence-corrected chi connectivity index (χ1v) is 12.0. The van der Waals surface area contributed by atoms with Crippen LogP contribution in [0.25, 0.3) is 10.9 Å². The van der Waals surface area contributed by atoms with E-state index in [2.05, 4.69) is 10.6 Å². The Hall–Kier alpha value is -3.97. The molecule has 2 N–H and O–H groups in total. The fraction of sp³-hybridized carbons (Fsp3) is 0.241. The molecule has 0 atom stereocenters. The van der Waals surface area contributed by atoms with Gasteiger partial charge < -0.3 is 24.8 Å². The number of benzene rings is 3. The number of aryl methyl sites for hydroxylation is 1. The molecule has 1 aliphatic rings. The number of amides is 1. The highest BCUT2D eigenvalue weighted by atomic mass is 35.5. The molecule has 7 nitrogen and oxygen atoms in total. The van der Waals surface area contributed by atoms with Gasteiger partial charge in [-0.15, -0.1) is 12.4 Å². The number of ether oxygens (including phenoxy) is 3. The highest BCUT2D eigenvalue weighted by Gasteiger charge is 2.20. The number of pyridine rings is 1. The van der Waals surface area contributed by atoms with Crippen LogP contribution in [0.2, 0.25) is 0 Å². The van der Waals surface area contributed by atoms with Gasteiger partial charge >= 0.3 is 0 Å². The van der Waals surface area contributed by atoms with Crippen molar-refractivity contribution in [2.45, 2.75) is 25.7 Å². The van der Waals surface area contributed by atoms with E-state index in [0.717, 1.165) is 59.4 Å². The summed E-state index contributed by atoms with van der Waals surface area (Å²) in [6, 6.07) is 18.8. The average Bonchev–Trinajstić information content (AvgIpc) is 2.92. The molecular formula is C29H30ClN3O4. The van der Waals surface area contributed by atoms with Gasteiger partial charge in [-0.05, 0) is 79.8 Å². The van der Waals surface area contributed by atoms with Crippen molar-refractivity contribution in [1.29, 1.82) is 0 Å². The summed E-state index contributed by atoms with van der Waals surface area (Å²) in [5.41, 5.74) is 6.31. The van der Waals surface area contributed by atoms with Crippen LogP contribution in [0.1, 0.15) is 34.5 Å². The number of rotatable bonds is 7. The molecule has 192 valence electrons. The van der Waals surface area contributed by atoms with E-state index in [-0.39, 0.29) is 18.3 Å². The second-order valence-electron chi connectivity index (χ2n) is 8.70. The molecule has 0 unspecified atom stereocenters. The molecule has 3 aromatic carbocycles. The lowest BCUT2D eigenvalue weighted by atomic mass is 9.92. The molecule has 37 heavy (non-hydrogen) atoms. The summed E-state index contributed by atoms with van der Waals surface area (Å²) in [4.78, 5) is 18.0. The van der Waals surface area contributed by atoms with Gasteiger partial charge in [-0.1, -0.05) is 12.1 Å². The Labute approximate surface area is 222 Å². The number of hydrogen-bond acceptors (Lipinski definition) is 6. The second kappa shape index (κ2) is 11.4. The van der Waals surface area contributed by atoms with Crippen molar-refractivity contribution in [2.24, 2.45) is 0 Å². The van der Waals surface area contributed by atoms with Crippen LogP contribution in [0.15, 0.2) is 60.7 Å². The molecule has 0 fully saturated rings. The van der Waals surface area contributed by atoms with Gasteiger partial charge in [0.05, 0.1) is 38.2 Å². The molecule has 0 bridgehead atoms. The van der Waals surface area contributed by atoms with Crippen LogP contribution in [-0.2, 0) is 12.8 Å². The zero-order valence-electron chi connectivity index (χ0n) is 21.1. The van der Waals surface area contributed by atoms with E-state index in [9.17, 15) is 4.79 Å². The van der Waals surface area contributed by atoms with Gasteiger partial charge in [0.15, 0.2) is 11.5 Å². The summed E-state index contributed by atoms with van der Waals surface area (Å²) in [6.45, 7) is 0. The number of anilines is 3. The molecule has 1 aliphatic carbocycles. The van der Waals surface area contributed by atoms with Gasteiger partial charge in [0, 0.05) is 22.3 Å². The lowest BCUT2D eigenvalue weighted by Gasteiger charge is -2.23. The van der Waals surface area contributed by atoms with E-state index in [1.165, 1.54) is 5.56 Å². The number of para-hydroxylation sites is 2. The van der Waals surface area contributed by atoms with E-state index in [0.29, 0.717) is 22.7 Å². The van der Waals surface area contributed by atoms with Crippen molar-refractivity contribution in [3.8, 4) is 17.2 Å². The molecule has 8 heteroatoms. The van der Waals surface area contributed by atoms with E-state index >= 15 is 0 Å². The lowest BCUT2D eigenvalue weighted by molar-refractivity contribution is 0.102. The molecule has 0 saturated heterocycles. The number of aromatic nitrogens is 1. The van der Waals surface area contributed by atoms with E-state index in [1.807, 2.05) is 42.5 Å². The minimum atomic E-state index is -0.236. The molecule has 0 aliphatic heterocycles. The number of carbonyl (C=O) groups excluding carboxylic acids is 1. The van der Waals surface area contributed by atoms with Crippen molar-refractivity contribution >= 4 is 46.3 Å². The first kappa shape index (κ1) is 26.1.